The zero-order valence-electron chi connectivity index (χ0n) is 14.9. The van der Waals surface area contributed by atoms with Crippen LogP contribution in [0.2, 0.25) is 0 Å². The summed E-state index contributed by atoms with van der Waals surface area (Å²) in [7, 11) is -3.29. The monoisotopic (exact) mass is 376 g/mol. The summed E-state index contributed by atoms with van der Waals surface area (Å²) in [6, 6.07) is 11.6. The fraction of sp³-hybridized carbons (Fsp3) is 0.444. The highest BCUT2D eigenvalue weighted by Crippen LogP contribution is 2.13. The van der Waals surface area contributed by atoms with E-state index in [4.69, 9.17) is 0 Å². The number of carbonyl (C=O) groups excluding carboxylic acids is 1. The van der Waals surface area contributed by atoms with Crippen LogP contribution >= 0.6 is 0 Å². The molecule has 0 spiro atoms. The highest BCUT2D eigenvalue weighted by molar-refractivity contribution is 7.89. The number of aryl methyl sites for hydroxylation is 2. The summed E-state index contributed by atoms with van der Waals surface area (Å²) in [6.07, 6.45) is 1.34. The molecular formula is C18H24N4O3S. The summed E-state index contributed by atoms with van der Waals surface area (Å²) >= 11 is 0. The van der Waals surface area contributed by atoms with E-state index in [1.165, 1.54) is 4.31 Å². The van der Waals surface area contributed by atoms with Gasteiger partial charge in [0.1, 0.15) is 5.69 Å². The molecule has 0 saturated carbocycles. The Hall–Kier alpha value is -2.19. The van der Waals surface area contributed by atoms with E-state index in [-0.39, 0.29) is 11.7 Å². The number of rotatable bonds is 6. The number of nitrogens with one attached hydrogen (secondary N) is 1. The van der Waals surface area contributed by atoms with Crippen molar-refractivity contribution in [3.05, 3.63) is 53.3 Å². The minimum atomic E-state index is -3.29. The number of aromatic amines is 1. The molecule has 1 amide bonds. The van der Waals surface area contributed by atoms with Crippen LogP contribution in [0.25, 0.3) is 0 Å². The zero-order chi connectivity index (χ0) is 18.6. The second-order valence-corrected chi connectivity index (χ2v) is 8.62. The van der Waals surface area contributed by atoms with Gasteiger partial charge in [0.05, 0.1) is 5.75 Å². The smallest absolute Gasteiger partial charge is 0.274 e. The predicted octanol–water partition coefficient (Wildman–Crippen LogP) is 1.44. The Morgan fingerprint density at radius 2 is 1.85 bits per heavy atom. The minimum absolute atomic E-state index is 0.133. The Morgan fingerprint density at radius 3 is 2.46 bits per heavy atom. The largest absolute Gasteiger partial charge is 0.335 e. The molecule has 26 heavy (non-hydrogen) atoms. The summed E-state index contributed by atoms with van der Waals surface area (Å²) in [6.45, 7) is 3.29. The van der Waals surface area contributed by atoms with Gasteiger partial charge in [0, 0.05) is 31.9 Å². The number of sulfonamides is 1. The van der Waals surface area contributed by atoms with Gasteiger partial charge in [0.15, 0.2) is 0 Å². The van der Waals surface area contributed by atoms with Crippen molar-refractivity contribution in [3.8, 4) is 0 Å². The Morgan fingerprint density at radius 1 is 1.15 bits per heavy atom. The molecule has 7 nitrogen and oxygen atoms in total. The SMILES string of the molecule is Cc1cc(C(=O)N2CCN(S(=O)(=O)CCCc3ccccc3)CC2)n[nH]1. The van der Waals surface area contributed by atoms with Crippen molar-refractivity contribution >= 4 is 15.9 Å². The van der Waals surface area contributed by atoms with Crippen molar-refractivity contribution in [1.29, 1.82) is 0 Å². The number of nitrogens with zero attached hydrogens (tertiary/aromatic N) is 3. The lowest BCUT2D eigenvalue weighted by Gasteiger charge is -2.33. The molecule has 2 heterocycles. The second-order valence-electron chi connectivity index (χ2n) is 6.53. The molecule has 0 radical (unpaired) electrons. The van der Waals surface area contributed by atoms with E-state index in [9.17, 15) is 13.2 Å². The van der Waals surface area contributed by atoms with Gasteiger partial charge >= 0.3 is 0 Å². The van der Waals surface area contributed by atoms with Gasteiger partial charge in [-0.25, -0.2) is 8.42 Å². The van der Waals surface area contributed by atoms with Crippen LogP contribution < -0.4 is 0 Å². The Balaban J connectivity index is 1.49. The molecule has 8 heteroatoms. The molecule has 3 rings (SSSR count). The number of benzene rings is 1. The summed E-state index contributed by atoms with van der Waals surface area (Å²) < 4.78 is 26.6. The first-order chi connectivity index (χ1) is 12.5. The molecule has 140 valence electrons. The first-order valence-corrected chi connectivity index (χ1v) is 10.4. The van der Waals surface area contributed by atoms with Gasteiger partial charge in [-0.2, -0.15) is 9.40 Å². The maximum Gasteiger partial charge on any atom is 0.274 e. The van der Waals surface area contributed by atoms with E-state index >= 15 is 0 Å². The van der Waals surface area contributed by atoms with Crippen molar-refractivity contribution in [2.75, 3.05) is 31.9 Å². The fourth-order valence-electron chi connectivity index (χ4n) is 3.09. The molecule has 1 saturated heterocycles. The summed E-state index contributed by atoms with van der Waals surface area (Å²) in [5.74, 6) is -0.0236. The van der Waals surface area contributed by atoms with Crippen LogP contribution in [0.15, 0.2) is 36.4 Å². The fourth-order valence-corrected chi connectivity index (χ4v) is 4.58. The first kappa shape index (κ1) is 18.6. The average Bonchev–Trinajstić information content (AvgIpc) is 3.08. The van der Waals surface area contributed by atoms with Gasteiger partial charge in [-0.05, 0) is 31.4 Å². The molecule has 2 aromatic rings. The van der Waals surface area contributed by atoms with E-state index in [0.29, 0.717) is 38.3 Å². The van der Waals surface area contributed by atoms with Gasteiger partial charge in [-0.1, -0.05) is 30.3 Å². The van der Waals surface area contributed by atoms with Gasteiger partial charge in [0.2, 0.25) is 10.0 Å². The minimum Gasteiger partial charge on any atom is -0.335 e. The van der Waals surface area contributed by atoms with E-state index in [1.807, 2.05) is 37.3 Å². The third kappa shape index (κ3) is 4.50. The van der Waals surface area contributed by atoms with E-state index in [2.05, 4.69) is 10.2 Å². The summed E-state index contributed by atoms with van der Waals surface area (Å²) in [5, 5.41) is 6.73. The molecule has 1 fully saturated rings. The zero-order valence-corrected chi connectivity index (χ0v) is 15.7. The number of carbonyl (C=O) groups is 1. The first-order valence-electron chi connectivity index (χ1n) is 8.79. The lowest BCUT2D eigenvalue weighted by atomic mass is 10.1. The number of amides is 1. The number of hydrogen-bond acceptors (Lipinski definition) is 4. The summed E-state index contributed by atoms with van der Waals surface area (Å²) in [5.41, 5.74) is 2.35. The maximum atomic E-state index is 12.5. The molecule has 1 N–H and O–H groups in total. The molecule has 1 aliphatic rings. The van der Waals surface area contributed by atoms with Crippen LogP contribution in [0.5, 0.6) is 0 Å². The third-order valence-corrected chi connectivity index (χ3v) is 6.51. The third-order valence-electron chi connectivity index (χ3n) is 4.55. The quantitative estimate of drug-likeness (QED) is 0.826. The summed E-state index contributed by atoms with van der Waals surface area (Å²) in [4.78, 5) is 14.0. The van der Waals surface area contributed by atoms with Gasteiger partial charge in [-0.3, -0.25) is 9.89 Å². The van der Waals surface area contributed by atoms with Crippen molar-refractivity contribution in [1.82, 2.24) is 19.4 Å². The Kier molecular flexibility index (Phi) is 5.73. The maximum absolute atomic E-state index is 12.5. The highest BCUT2D eigenvalue weighted by atomic mass is 32.2. The number of aromatic nitrogens is 2. The number of hydrogen-bond donors (Lipinski definition) is 1. The highest BCUT2D eigenvalue weighted by Gasteiger charge is 2.29. The molecule has 0 unspecified atom stereocenters. The molecule has 1 aromatic carbocycles. The lowest BCUT2D eigenvalue weighted by molar-refractivity contribution is 0.0692. The average molecular weight is 376 g/mol. The van der Waals surface area contributed by atoms with E-state index in [0.717, 1.165) is 17.7 Å². The second kappa shape index (κ2) is 8.01. The van der Waals surface area contributed by atoms with Crippen LogP contribution in [0.3, 0.4) is 0 Å². The van der Waals surface area contributed by atoms with Crippen LogP contribution in [0, 0.1) is 6.92 Å². The molecule has 1 aliphatic heterocycles. The van der Waals surface area contributed by atoms with Crippen molar-refractivity contribution in [2.24, 2.45) is 0 Å². The standard InChI is InChI=1S/C18H24N4O3S/c1-15-14-17(20-19-15)18(23)21-9-11-22(12-10-21)26(24,25)13-5-8-16-6-3-2-4-7-16/h2-4,6-7,14H,5,8-13H2,1H3,(H,19,20). The molecule has 0 atom stereocenters. The van der Waals surface area contributed by atoms with Crippen molar-refractivity contribution in [3.63, 3.8) is 0 Å². The number of piperazine rings is 1. The predicted molar refractivity (Wildman–Crippen MR) is 99.4 cm³/mol. The Bertz CT molecular complexity index is 840. The van der Waals surface area contributed by atoms with Crippen LogP contribution in [0.1, 0.15) is 28.2 Å². The lowest BCUT2D eigenvalue weighted by Crippen LogP contribution is -2.51. The van der Waals surface area contributed by atoms with Gasteiger partial charge in [-0.15, -0.1) is 0 Å². The Labute approximate surface area is 154 Å². The molecule has 0 bridgehead atoms. The number of H-pyrrole nitrogens is 1. The van der Waals surface area contributed by atoms with Crippen LogP contribution in [0.4, 0.5) is 0 Å². The van der Waals surface area contributed by atoms with Gasteiger partial charge in [0.25, 0.3) is 5.91 Å². The molecular weight excluding hydrogens is 352 g/mol. The topological polar surface area (TPSA) is 86.4 Å². The van der Waals surface area contributed by atoms with Gasteiger partial charge < -0.3 is 4.90 Å². The molecule has 1 aromatic heterocycles. The normalized spacial score (nSPS) is 16.0. The van der Waals surface area contributed by atoms with Crippen LogP contribution in [-0.2, 0) is 16.4 Å². The molecule has 0 aliphatic carbocycles. The van der Waals surface area contributed by atoms with Crippen LogP contribution in [-0.4, -0.2) is 65.7 Å². The van der Waals surface area contributed by atoms with Crippen molar-refractivity contribution < 1.29 is 13.2 Å². The van der Waals surface area contributed by atoms with E-state index < -0.39 is 10.0 Å². The van der Waals surface area contributed by atoms with E-state index in [1.54, 1.807) is 11.0 Å². The van der Waals surface area contributed by atoms with Crippen molar-refractivity contribution in [2.45, 2.75) is 19.8 Å².